The topological polar surface area (TPSA) is 27.7 Å². The van der Waals surface area contributed by atoms with Crippen LogP contribution in [0, 0.1) is 0 Å². The molecule has 16 heavy (non-hydrogen) atoms. The summed E-state index contributed by atoms with van der Waals surface area (Å²) in [5.74, 6) is -0.481. The lowest BCUT2D eigenvalue weighted by molar-refractivity contribution is -0.223. The lowest BCUT2D eigenvalue weighted by Gasteiger charge is -2.33. The van der Waals surface area contributed by atoms with Gasteiger partial charge in [-0.3, -0.25) is 0 Å². The highest BCUT2D eigenvalue weighted by Gasteiger charge is 2.63. The molecule has 0 radical (unpaired) electrons. The van der Waals surface area contributed by atoms with Crippen molar-refractivity contribution in [2.24, 2.45) is 0 Å². The van der Waals surface area contributed by atoms with Gasteiger partial charge in [0.1, 0.15) is 12.2 Å². The second-order valence-electron chi connectivity index (χ2n) is 6.24. The first-order valence-corrected chi connectivity index (χ1v) is 6.26. The number of ether oxygens (including phenoxy) is 3. The molecule has 0 amide bonds. The summed E-state index contributed by atoms with van der Waals surface area (Å²) in [6.07, 6.45) is 2.20. The summed E-state index contributed by atoms with van der Waals surface area (Å²) >= 11 is 0. The highest BCUT2D eigenvalue weighted by molar-refractivity contribution is 5.08. The van der Waals surface area contributed by atoms with Gasteiger partial charge in [0.2, 0.25) is 0 Å². The summed E-state index contributed by atoms with van der Waals surface area (Å²) < 4.78 is 18.2. The minimum Gasteiger partial charge on any atom is -0.364 e. The zero-order valence-corrected chi connectivity index (χ0v) is 11.3. The third-order valence-electron chi connectivity index (χ3n) is 3.63. The minimum atomic E-state index is -0.481. The van der Waals surface area contributed by atoms with Crippen LogP contribution >= 0.6 is 0 Å². The molecule has 94 valence electrons. The summed E-state index contributed by atoms with van der Waals surface area (Å²) in [4.78, 5) is 0. The van der Waals surface area contributed by atoms with Gasteiger partial charge in [0, 0.05) is 0 Å². The van der Waals surface area contributed by atoms with Gasteiger partial charge in [-0.1, -0.05) is 13.3 Å². The van der Waals surface area contributed by atoms with Crippen molar-refractivity contribution in [1.82, 2.24) is 0 Å². The summed E-state index contributed by atoms with van der Waals surface area (Å²) in [5.41, 5.74) is -0.473. The fourth-order valence-electron chi connectivity index (χ4n) is 3.12. The van der Waals surface area contributed by atoms with Crippen molar-refractivity contribution in [3.63, 3.8) is 0 Å². The predicted octanol–water partition coefficient (Wildman–Crippen LogP) is 2.87. The van der Waals surface area contributed by atoms with E-state index >= 15 is 0 Å². The summed E-state index contributed by atoms with van der Waals surface area (Å²) in [7, 11) is 0. The lowest BCUT2D eigenvalue weighted by Crippen LogP contribution is -2.40. The Morgan fingerprint density at radius 3 is 2.06 bits per heavy atom. The van der Waals surface area contributed by atoms with E-state index in [4.69, 9.17) is 14.2 Å². The first-order valence-electron chi connectivity index (χ1n) is 6.26. The number of hydrogen-bond acceptors (Lipinski definition) is 3. The standard InChI is InChI=1S/C13H24O3/c1-7-8-13(6)10-9(11(2,3)16-13)14-12(4,5)15-10/h9-10H,7-8H2,1-6H3/t9-,10?,13-/m0/s1. The van der Waals surface area contributed by atoms with Crippen LogP contribution in [-0.2, 0) is 14.2 Å². The van der Waals surface area contributed by atoms with Crippen molar-refractivity contribution in [2.45, 2.75) is 83.6 Å². The molecular weight excluding hydrogens is 204 g/mol. The van der Waals surface area contributed by atoms with Gasteiger partial charge in [-0.05, 0) is 41.0 Å². The van der Waals surface area contributed by atoms with Crippen molar-refractivity contribution in [1.29, 1.82) is 0 Å². The van der Waals surface area contributed by atoms with Crippen LogP contribution in [-0.4, -0.2) is 29.2 Å². The van der Waals surface area contributed by atoms with Crippen molar-refractivity contribution < 1.29 is 14.2 Å². The van der Waals surface area contributed by atoms with Crippen LogP contribution in [0.25, 0.3) is 0 Å². The minimum absolute atomic E-state index is 0.0408. The summed E-state index contributed by atoms with van der Waals surface area (Å²) in [6, 6.07) is 0. The van der Waals surface area contributed by atoms with Gasteiger partial charge < -0.3 is 14.2 Å². The van der Waals surface area contributed by atoms with Gasteiger partial charge >= 0.3 is 0 Å². The molecule has 3 atom stereocenters. The SMILES string of the molecule is CCC[C@]1(C)OC(C)(C)[C@H]2OC(C)(C)OC21. The predicted molar refractivity (Wildman–Crippen MR) is 62.3 cm³/mol. The first kappa shape index (κ1) is 12.3. The molecule has 0 saturated carbocycles. The smallest absolute Gasteiger partial charge is 0.164 e. The molecule has 0 aromatic rings. The summed E-state index contributed by atoms with van der Waals surface area (Å²) in [6.45, 7) is 12.5. The van der Waals surface area contributed by atoms with E-state index in [0.717, 1.165) is 12.8 Å². The number of rotatable bonds is 2. The van der Waals surface area contributed by atoms with Crippen molar-refractivity contribution >= 4 is 0 Å². The van der Waals surface area contributed by atoms with E-state index in [1.807, 2.05) is 13.8 Å². The van der Waals surface area contributed by atoms with Crippen LogP contribution in [0.5, 0.6) is 0 Å². The lowest BCUT2D eigenvalue weighted by atomic mass is 9.90. The Balaban J connectivity index is 2.28. The molecule has 0 aromatic carbocycles. The fraction of sp³-hybridized carbons (Fsp3) is 1.00. The van der Waals surface area contributed by atoms with Gasteiger partial charge in [0.05, 0.1) is 11.2 Å². The molecule has 0 bridgehead atoms. The van der Waals surface area contributed by atoms with E-state index in [9.17, 15) is 0 Å². The van der Waals surface area contributed by atoms with Crippen LogP contribution in [0.4, 0.5) is 0 Å². The van der Waals surface area contributed by atoms with Crippen LogP contribution in [0.3, 0.4) is 0 Å². The highest BCUT2D eigenvalue weighted by Crippen LogP contribution is 2.50. The van der Waals surface area contributed by atoms with Crippen molar-refractivity contribution in [3.8, 4) is 0 Å². The zero-order valence-electron chi connectivity index (χ0n) is 11.3. The van der Waals surface area contributed by atoms with E-state index < -0.39 is 5.79 Å². The van der Waals surface area contributed by atoms with Crippen LogP contribution in [0.15, 0.2) is 0 Å². The molecule has 2 fully saturated rings. The Morgan fingerprint density at radius 2 is 1.50 bits per heavy atom. The molecule has 3 nitrogen and oxygen atoms in total. The zero-order chi connectivity index (χ0) is 12.2. The highest BCUT2D eigenvalue weighted by atomic mass is 16.8. The van der Waals surface area contributed by atoms with Gasteiger partial charge in [-0.2, -0.15) is 0 Å². The quantitative estimate of drug-likeness (QED) is 0.727. The Kier molecular flexibility index (Phi) is 2.65. The molecule has 2 aliphatic rings. The fourth-order valence-corrected chi connectivity index (χ4v) is 3.12. The molecule has 0 N–H and O–H groups in total. The molecule has 2 rings (SSSR count). The van der Waals surface area contributed by atoms with E-state index in [1.165, 1.54) is 0 Å². The maximum Gasteiger partial charge on any atom is 0.164 e. The molecular formula is C13H24O3. The molecule has 0 aromatic heterocycles. The average molecular weight is 228 g/mol. The first-order chi connectivity index (χ1) is 7.20. The van der Waals surface area contributed by atoms with E-state index in [1.54, 1.807) is 0 Å². The maximum absolute atomic E-state index is 6.19. The number of hydrogen-bond donors (Lipinski definition) is 0. The van der Waals surface area contributed by atoms with Crippen molar-refractivity contribution in [2.75, 3.05) is 0 Å². The molecule has 3 heteroatoms. The molecule has 1 unspecified atom stereocenters. The van der Waals surface area contributed by atoms with Gasteiger partial charge in [-0.15, -0.1) is 0 Å². The third kappa shape index (κ3) is 1.79. The summed E-state index contributed by atoms with van der Waals surface area (Å²) in [5, 5.41) is 0. The molecule has 2 heterocycles. The van der Waals surface area contributed by atoms with E-state index in [-0.39, 0.29) is 23.4 Å². The largest absolute Gasteiger partial charge is 0.364 e. The Bertz CT molecular complexity index is 285. The second kappa shape index (κ2) is 3.44. The maximum atomic E-state index is 6.19. The molecule has 0 spiro atoms. The number of fused-ring (bicyclic) bond motifs is 1. The monoisotopic (exact) mass is 228 g/mol. The van der Waals surface area contributed by atoms with E-state index in [0.29, 0.717) is 0 Å². The second-order valence-corrected chi connectivity index (χ2v) is 6.24. The van der Waals surface area contributed by atoms with Gasteiger partial charge in [-0.25, -0.2) is 0 Å². The van der Waals surface area contributed by atoms with E-state index in [2.05, 4.69) is 27.7 Å². The molecule has 0 aliphatic carbocycles. The van der Waals surface area contributed by atoms with Crippen molar-refractivity contribution in [3.05, 3.63) is 0 Å². The normalized spacial score (nSPS) is 44.6. The van der Waals surface area contributed by atoms with Crippen LogP contribution < -0.4 is 0 Å². The average Bonchev–Trinajstić information content (AvgIpc) is 2.48. The van der Waals surface area contributed by atoms with Gasteiger partial charge in [0.15, 0.2) is 5.79 Å². The molecule has 2 saturated heterocycles. The third-order valence-corrected chi connectivity index (χ3v) is 3.63. The van der Waals surface area contributed by atoms with Gasteiger partial charge in [0.25, 0.3) is 0 Å². The van der Waals surface area contributed by atoms with Crippen LogP contribution in [0.1, 0.15) is 54.4 Å². The Labute approximate surface area is 98.4 Å². The Hall–Kier alpha value is -0.120. The van der Waals surface area contributed by atoms with Crippen LogP contribution in [0.2, 0.25) is 0 Å². The molecule has 2 aliphatic heterocycles. The Morgan fingerprint density at radius 1 is 0.938 bits per heavy atom.